The standard InChI is InChI=1S/C7H12N2O4S/c1-5(2-8)14(12,13)9-3-6(10)7(11)4-9/h5-7,10-11H,3-4H2,1H3/t5?,6-,7+. The zero-order chi connectivity index (χ0) is 10.9. The Morgan fingerprint density at radius 3 is 2.21 bits per heavy atom. The van der Waals surface area contributed by atoms with E-state index in [9.17, 15) is 8.42 Å². The number of β-amino-alcohol motifs (C(OH)–C–C–N with tert-alkyl or cyclic N) is 2. The molecule has 0 radical (unpaired) electrons. The van der Waals surface area contributed by atoms with Crippen LogP contribution in [0.4, 0.5) is 0 Å². The van der Waals surface area contributed by atoms with Gasteiger partial charge in [-0.25, -0.2) is 8.42 Å². The van der Waals surface area contributed by atoms with Crippen LogP contribution in [0.5, 0.6) is 0 Å². The van der Waals surface area contributed by atoms with Crippen LogP contribution in [0.2, 0.25) is 0 Å². The van der Waals surface area contributed by atoms with E-state index in [-0.39, 0.29) is 13.1 Å². The Morgan fingerprint density at radius 2 is 1.86 bits per heavy atom. The number of hydrogen-bond acceptors (Lipinski definition) is 5. The first-order valence-corrected chi connectivity index (χ1v) is 5.64. The van der Waals surface area contributed by atoms with Gasteiger partial charge in [-0.2, -0.15) is 9.57 Å². The largest absolute Gasteiger partial charge is 0.389 e. The van der Waals surface area contributed by atoms with Gasteiger partial charge >= 0.3 is 0 Å². The van der Waals surface area contributed by atoms with Gasteiger partial charge in [-0.1, -0.05) is 0 Å². The molecule has 1 aliphatic rings. The molecular weight excluding hydrogens is 208 g/mol. The SMILES string of the molecule is CC(C#N)S(=O)(=O)N1C[C@@H](O)[C@@H](O)C1. The third-order valence-corrected chi connectivity index (χ3v) is 4.23. The number of nitrogens with zero attached hydrogens (tertiary/aromatic N) is 2. The average Bonchev–Trinajstić information content (AvgIpc) is 2.46. The third kappa shape index (κ3) is 1.88. The van der Waals surface area contributed by atoms with Crippen LogP contribution in [0, 0.1) is 11.3 Å². The summed E-state index contributed by atoms with van der Waals surface area (Å²) in [7, 11) is -3.70. The first-order valence-electron chi connectivity index (χ1n) is 4.14. The summed E-state index contributed by atoms with van der Waals surface area (Å²) in [4.78, 5) is 0. The molecular formula is C7H12N2O4S. The van der Waals surface area contributed by atoms with E-state index in [0.29, 0.717) is 0 Å². The van der Waals surface area contributed by atoms with Gasteiger partial charge in [0, 0.05) is 13.1 Å². The van der Waals surface area contributed by atoms with Crippen molar-refractivity contribution >= 4 is 10.0 Å². The van der Waals surface area contributed by atoms with Gasteiger partial charge in [-0.15, -0.1) is 0 Å². The van der Waals surface area contributed by atoms with E-state index < -0.39 is 27.5 Å². The quantitative estimate of drug-likeness (QED) is 0.575. The Morgan fingerprint density at radius 1 is 1.43 bits per heavy atom. The fraction of sp³-hybridized carbons (Fsp3) is 0.857. The summed E-state index contributed by atoms with van der Waals surface area (Å²) in [6, 6.07) is 1.62. The van der Waals surface area contributed by atoms with Crippen molar-refractivity contribution in [3.05, 3.63) is 0 Å². The van der Waals surface area contributed by atoms with E-state index in [1.165, 1.54) is 6.92 Å². The molecule has 2 N–H and O–H groups in total. The molecule has 0 aromatic carbocycles. The first kappa shape index (κ1) is 11.4. The second kappa shape index (κ2) is 3.82. The lowest BCUT2D eigenvalue weighted by Gasteiger charge is -2.16. The molecule has 0 amide bonds. The Balaban J connectivity index is 2.83. The van der Waals surface area contributed by atoms with Gasteiger partial charge in [0.15, 0.2) is 5.25 Å². The van der Waals surface area contributed by atoms with Crippen LogP contribution in [-0.4, -0.2) is 53.5 Å². The van der Waals surface area contributed by atoms with E-state index in [2.05, 4.69) is 0 Å². The smallest absolute Gasteiger partial charge is 0.230 e. The topological polar surface area (TPSA) is 102 Å². The van der Waals surface area contributed by atoms with E-state index in [1.807, 2.05) is 0 Å². The van der Waals surface area contributed by atoms with Crippen LogP contribution in [0.1, 0.15) is 6.92 Å². The van der Waals surface area contributed by atoms with Gasteiger partial charge in [-0.3, -0.25) is 0 Å². The summed E-state index contributed by atoms with van der Waals surface area (Å²) in [6.07, 6.45) is -2.12. The molecule has 0 aromatic heterocycles. The zero-order valence-electron chi connectivity index (χ0n) is 7.66. The van der Waals surface area contributed by atoms with Crippen LogP contribution in [-0.2, 0) is 10.0 Å². The molecule has 3 atom stereocenters. The van der Waals surface area contributed by atoms with Crippen LogP contribution in [0.25, 0.3) is 0 Å². The van der Waals surface area contributed by atoms with Crippen LogP contribution in [0.15, 0.2) is 0 Å². The van der Waals surface area contributed by atoms with Gasteiger partial charge in [0.1, 0.15) is 0 Å². The summed E-state index contributed by atoms with van der Waals surface area (Å²) in [6.45, 7) is 0.984. The monoisotopic (exact) mass is 220 g/mol. The molecule has 0 saturated carbocycles. The number of sulfonamides is 1. The first-order chi connectivity index (χ1) is 6.39. The summed E-state index contributed by atoms with van der Waals surface area (Å²) in [5.74, 6) is 0. The maximum absolute atomic E-state index is 11.5. The minimum Gasteiger partial charge on any atom is -0.389 e. The lowest BCUT2D eigenvalue weighted by Crippen LogP contribution is -2.36. The molecule has 1 heterocycles. The molecule has 14 heavy (non-hydrogen) atoms. The summed E-state index contributed by atoms with van der Waals surface area (Å²) in [5.41, 5.74) is 0. The van der Waals surface area contributed by atoms with E-state index in [0.717, 1.165) is 4.31 Å². The van der Waals surface area contributed by atoms with Crippen molar-refractivity contribution in [3.63, 3.8) is 0 Å². The second-order valence-corrected chi connectivity index (χ2v) is 5.52. The van der Waals surface area contributed by atoms with Crippen LogP contribution >= 0.6 is 0 Å². The normalized spacial score (nSPS) is 31.3. The molecule has 1 saturated heterocycles. The van der Waals surface area contributed by atoms with Gasteiger partial charge < -0.3 is 10.2 Å². The highest BCUT2D eigenvalue weighted by Crippen LogP contribution is 2.17. The van der Waals surface area contributed by atoms with Crippen molar-refractivity contribution < 1.29 is 18.6 Å². The van der Waals surface area contributed by atoms with Crippen molar-refractivity contribution in [2.75, 3.05) is 13.1 Å². The Labute approximate surface area is 82.4 Å². The number of hydrogen-bond donors (Lipinski definition) is 2. The molecule has 0 aromatic rings. The van der Waals surface area contributed by atoms with Crippen molar-refractivity contribution in [3.8, 4) is 6.07 Å². The maximum Gasteiger partial charge on any atom is 0.230 e. The van der Waals surface area contributed by atoms with Crippen molar-refractivity contribution in [1.29, 1.82) is 5.26 Å². The van der Waals surface area contributed by atoms with Gasteiger partial charge in [-0.05, 0) is 6.92 Å². The molecule has 1 rings (SSSR count). The molecule has 0 bridgehead atoms. The number of rotatable bonds is 2. The predicted molar refractivity (Wildman–Crippen MR) is 47.6 cm³/mol. The van der Waals surface area contributed by atoms with Crippen molar-refractivity contribution in [2.45, 2.75) is 24.4 Å². The molecule has 80 valence electrons. The van der Waals surface area contributed by atoms with Crippen LogP contribution in [0.3, 0.4) is 0 Å². The van der Waals surface area contributed by atoms with Crippen LogP contribution < -0.4 is 0 Å². The fourth-order valence-corrected chi connectivity index (χ4v) is 2.53. The third-order valence-electron chi connectivity index (χ3n) is 2.21. The molecule has 1 aliphatic heterocycles. The summed E-state index contributed by atoms with van der Waals surface area (Å²) in [5, 5.41) is 25.6. The number of aliphatic hydroxyl groups is 2. The molecule has 0 aliphatic carbocycles. The average molecular weight is 220 g/mol. The molecule has 0 spiro atoms. The van der Waals surface area contributed by atoms with Gasteiger partial charge in [0.2, 0.25) is 10.0 Å². The van der Waals surface area contributed by atoms with Gasteiger partial charge in [0.05, 0.1) is 18.3 Å². The zero-order valence-corrected chi connectivity index (χ0v) is 8.48. The highest BCUT2D eigenvalue weighted by atomic mass is 32.2. The Hall–Kier alpha value is -0.680. The maximum atomic E-state index is 11.5. The Bertz CT molecular complexity index is 337. The van der Waals surface area contributed by atoms with E-state index in [1.54, 1.807) is 6.07 Å². The summed E-state index contributed by atoms with van der Waals surface area (Å²) >= 11 is 0. The van der Waals surface area contributed by atoms with E-state index >= 15 is 0 Å². The lowest BCUT2D eigenvalue weighted by molar-refractivity contribution is 0.0572. The minimum absolute atomic E-state index is 0.143. The molecule has 1 fully saturated rings. The van der Waals surface area contributed by atoms with Crippen molar-refractivity contribution in [1.82, 2.24) is 4.31 Å². The minimum atomic E-state index is -3.70. The van der Waals surface area contributed by atoms with Gasteiger partial charge in [0.25, 0.3) is 0 Å². The molecule has 1 unspecified atom stereocenters. The lowest BCUT2D eigenvalue weighted by atomic mass is 10.3. The highest BCUT2D eigenvalue weighted by Gasteiger charge is 2.39. The number of nitriles is 1. The Kier molecular flexibility index (Phi) is 3.11. The second-order valence-electron chi connectivity index (χ2n) is 3.27. The molecule has 6 nitrogen and oxygen atoms in total. The molecule has 7 heteroatoms. The highest BCUT2D eigenvalue weighted by molar-refractivity contribution is 7.90. The summed E-state index contributed by atoms with van der Waals surface area (Å²) < 4.78 is 24.0. The predicted octanol–water partition coefficient (Wildman–Crippen LogP) is -1.73. The fourth-order valence-electron chi connectivity index (χ4n) is 1.23. The number of aliphatic hydroxyl groups excluding tert-OH is 2. The van der Waals surface area contributed by atoms with Crippen molar-refractivity contribution in [2.24, 2.45) is 0 Å². The van der Waals surface area contributed by atoms with E-state index in [4.69, 9.17) is 15.5 Å².